The van der Waals surface area contributed by atoms with Crippen LogP contribution >= 0.6 is 0 Å². The number of nitrogens with zero attached hydrogens (tertiary/aromatic N) is 2. The third kappa shape index (κ3) is 5.39. The molecule has 246 valence electrons. The van der Waals surface area contributed by atoms with Crippen LogP contribution in [0.4, 0.5) is 34.1 Å². The zero-order valence-electron chi connectivity index (χ0n) is 29.3. The van der Waals surface area contributed by atoms with Gasteiger partial charge in [0, 0.05) is 56.3 Å². The smallest absolute Gasteiger partial charge is 0.143 e. The topological polar surface area (TPSA) is 19.6 Å². The summed E-state index contributed by atoms with van der Waals surface area (Å²) in [6, 6.07) is 57.1. The van der Waals surface area contributed by atoms with Crippen LogP contribution in [0.2, 0.25) is 0 Å². The molecule has 0 saturated carbocycles. The normalized spacial score (nSPS) is 11.5. The van der Waals surface area contributed by atoms with Crippen molar-refractivity contribution in [2.45, 2.75) is 27.7 Å². The van der Waals surface area contributed by atoms with Crippen LogP contribution in [0, 0.1) is 27.7 Å². The largest absolute Gasteiger partial charge is 0.455 e. The lowest BCUT2D eigenvalue weighted by Crippen LogP contribution is -2.10. The number of rotatable bonds is 6. The van der Waals surface area contributed by atoms with Gasteiger partial charge in [0.2, 0.25) is 0 Å². The Morgan fingerprint density at radius 3 is 1.20 bits per heavy atom. The highest BCUT2D eigenvalue weighted by Crippen LogP contribution is 2.45. The van der Waals surface area contributed by atoms with Crippen LogP contribution in [0.1, 0.15) is 22.3 Å². The van der Waals surface area contributed by atoms with Crippen molar-refractivity contribution >= 4 is 77.6 Å². The highest BCUT2D eigenvalue weighted by Gasteiger charge is 2.20. The summed E-state index contributed by atoms with van der Waals surface area (Å²) in [5.41, 5.74) is 13.3. The molecule has 0 aliphatic rings. The summed E-state index contributed by atoms with van der Waals surface area (Å²) < 4.78 is 6.93. The summed E-state index contributed by atoms with van der Waals surface area (Å²) in [5.74, 6) is 0. The molecule has 0 unspecified atom stereocenters. The molecule has 0 fully saturated rings. The van der Waals surface area contributed by atoms with E-state index < -0.39 is 0 Å². The zero-order chi connectivity index (χ0) is 34.6. The zero-order valence-corrected chi connectivity index (χ0v) is 29.3. The fourth-order valence-electron chi connectivity index (χ4n) is 7.38. The minimum atomic E-state index is 0.870. The molecule has 1 aromatic heterocycles. The molecule has 0 radical (unpaired) electrons. The van der Waals surface area contributed by atoms with Crippen molar-refractivity contribution in [1.82, 2.24) is 0 Å². The quantitative estimate of drug-likeness (QED) is 0.166. The first-order chi connectivity index (χ1) is 24.9. The second-order valence-corrected chi connectivity index (χ2v) is 13.8. The molecule has 0 amide bonds. The fraction of sp³-hybridized carbons (Fsp3) is 0.0833. The Bertz CT molecular complexity index is 2610. The van der Waals surface area contributed by atoms with E-state index in [2.05, 4.69) is 195 Å². The van der Waals surface area contributed by atoms with Crippen LogP contribution < -0.4 is 9.80 Å². The standard InChI is InChI=1S/C48H38N2O/c1-31-9-17-35(18-10-31)49(36-19-11-32(2)12-20-36)39-25-27-43-45(29-39)41-7-5-6-8-42(41)47-44-28-26-40(30-46(44)51-48(43)47)50(37-21-13-33(3)14-22-37)38-23-15-34(4)16-24-38/h5-30H,1-4H3. The number of fused-ring (bicyclic) bond motifs is 8. The number of aryl methyl sites for hydroxylation is 4. The van der Waals surface area contributed by atoms with Crippen LogP contribution in [-0.4, -0.2) is 0 Å². The maximum atomic E-state index is 6.93. The van der Waals surface area contributed by atoms with Crippen molar-refractivity contribution in [1.29, 1.82) is 0 Å². The van der Waals surface area contributed by atoms with E-state index in [9.17, 15) is 0 Å². The average Bonchev–Trinajstić information content (AvgIpc) is 3.54. The van der Waals surface area contributed by atoms with Gasteiger partial charge >= 0.3 is 0 Å². The Morgan fingerprint density at radius 2 is 0.725 bits per heavy atom. The van der Waals surface area contributed by atoms with E-state index >= 15 is 0 Å². The lowest BCUT2D eigenvalue weighted by molar-refractivity contribution is 0.673. The number of anilines is 6. The summed E-state index contributed by atoms with van der Waals surface area (Å²) in [6.45, 7) is 8.51. The molecule has 1 heterocycles. The van der Waals surface area contributed by atoms with Gasteiger partial charge in [-0.15, -0.1) is 0 Å². The monoisotopic (exact) mass is 658 g/mol. The molecule has 0 N–H and O–H groups in total. The van der Waals surface area contributed by atoms with E-state index in [-0.39, 0.29) is 0 Å². The molecule has 9 aromatic rings. The minimum absolute atomic E-state index is 0.870. The van der Waals surface area contributed by atoms with E-state index in [1.807, 2.05) is 0 Å². The molecule has 9 rings (SSSR count). The average molecular weight is 659 g/mol. The summed E-state index contributed by atoms with van der Waals surface area (Å²) in [7, 11) is 0. The summed E-state index contributed by atoms with van der Waals surface area (Å²) in [5, 5.41) is 6.94. The van der Waals surface area contributed by atoms with E-state index in [1.165, 1.54) is 38.4 Å². The Balaban J connectivity index is 1.25. The van der Waals surface area contributed by atoms with Crippen molar-refractivity contribution in [2.24, 2.45) is 0 Å². The number of benzene rings is 8. The highest BCUT2D eigenvalue weighted by molar-refractivity contribution is 6.30. The second-order valence-electron chi connectivity index (χ2n) is 13.8. The highest BCUT2D eigenvalue weighted by atomic mass is 16.3. The van der Waals surface area contributed by atoms with Gasteiger partial charge in [-0.3, -0.25) is 0 Å². The number of hydrogen-bond donors (Lipinski definition) is 0. The van der Waals surface area contributed by atoms with Gasteiger partial charge in [-0.2, -0.15) is 0 Å². The van der Waals surface area contributed by atoms with Gasteiger partial charge < -0.3 is 14.2 Å². The SMILES string of the molecule is Cc1ccc(N(c2ccc(C)cc2)c2ccc3c(c2)oc2c4ccc(N(c5ccc(C)cc5)c5ccc(C)cc5)cc4c4ccccc4c32)cc1. The van der Waals surface area contributed by atoms with Gasteiger partial charge in [-0.05, 0) is 123 Å². The molecular weight excluding hydrogens is 621 g/mol. The third-order valence-electron chi connectivity index (χ3n) is 10.1. The van der Waals surface area contributed by atoms with E-state index in [4.69, 9.17) is 4.42 Å². The molecule has 8 aromatic carbocycles. The summed E-state index contributed by atoms with van der Waals surface area (Å²) >= 11 is 0. The summed E-state index contributed by atoms with van der Waals surface area (Å²) in [6.07, 6.45) is 0. The molecular formula is C48H38N2O. The minimum Gasteiger partial charge on any atom is -0.455 e. The van der Waals surface area contributed by atoms with Crippen molar-refractivity contribution < 1.29 is 4.42 Å². The number of hydrogen-bond acceptors (Lipinski definition) is 3. The lowest BCUT2D eigenvalue weighted by Gasteiger charge is -2.26. The van der Waals surface area contributed by atoms with Gasteiger partial charge in [0.1, 0.15) is 11.2 Å². The van der Waals surface area contributed by atoms with Crippen LogP contribution in [0.25, 0.3) is 43.5 Å². The van der Waals surface area contributed by atoms with Gasteiger partial charge in [-0.25, -0.2) is 0 Å². The Hall–Kier alpha value is -6.32. The predicted octanol–water partition coefficient (Wildman–Crippen LogP) is 14.1. The molecule has 3 heteroatoms. The molecule has 3 nitrogen and oxygen atoms in total. The first kappa shape index (κ1) is 30.7. The fourth-order valence-corrected chi connectivity index (χ4v) is 7.38. The van der Waals surface area contributed by atoms with Crippen LogP contribution in [0.5, 0.6) is 0 Å². The van der Waals surface area contributed by atoms with Crippen LogP contribution in [0.3, 0.4) is 0 Å². The van der Waals surface area contributed by atoms with Crippen LogP contribution in [0.15, 0.2) is 162 Å². The van der Waals surface area contributed by atoms with Crippen molar-refractivity contribution in [2.75, 3.05) is 9.80 Å². The van der Waals surface area contributed by atoms with Gasteiger partial charge in [0.05, 0.1) is 0 Å². The van der Waals surface area contributed by atoms with E-state index in [0.29, 0.717) is 0 Å². The first-order valence-electron chi connectivity index (χ1n) is 17.6. The maximum Gasteiger partial charge on any atom is 0.143 e. The summed E-state index contributed by atoms with van der Waals surface area (Å²) in [4.78, 5) is 4.64. The molecule has 0 saturated heterocycles. The molecule has 51 heavy (non-hydrogen) atoms. The Kier molecular flexibility index (Phi) is 7.36. The Labute approximate surface area is 298 Å². The molecule has 0 aliphatic carbocycles. The lowest BCUT2D eigenvalue weighted by atomic mass is 9.96. The van der Waals surface area contributed by atoms with Crippen molar-refractivity contribution in [3.63, 3.8) is 0 Å². The first-order valence-corrected chi connectivity index (χ1v) is 17.6. The van der Waals surface area contributed by atoms with Crippen LogP contribution in [-0.2, 0) is 0 Å². The van der Waals surface area contributed by atoms with Gasteiger partial charge in [0.15, 0.2) is 0 Å². The van der Waals surface area contributed by atoms with E-state index in [0.717, 1.165) is 61.4 Å². The third-order valence-corrected chi connectivity index (χ3v) is 10.1. The second kappa shape index (κ2) is 12.2. The molecule has 0 spiro atoms. The Morgan fingerprint density at radius 1 is 0.333 bits per heavy atom. The number of furan rings is 1. The molecule has 0 aliphatic heterocycles. The van der Waals surface area contributed by atoms with Crippen molar-refractivity contribution in [3.8, 4) is 0 Å². The van der Waals surface area contributed by atoms with Crippen molar-refractivity contribution in [3.05, 3.63) is 180 Å². The van der Waals surface area contributed by atoms with E-state index in [1.54, 1.807) is 0 Å². The molecule has 0 bridgehead atoms. The van der Waals surface area contributed by atoms with Gasteiger partial charge in [-0.1, -0.05) is 95.1 Å². The van der Waals surface area contributed by atoms with Gasteiger partial charge in [0.25, 0.3) is 0 Å². The molecule has 0 atom stereocenters. The predicted molar refractivity (Wildman–Crippen MR) is 217 cm³/mol. The maximum absolute atomic E-state index is 6.93.